The third-order valence-corrected chi connectivity index (χ3v) is 3.67. The predicted molar refractivity (Wildman–Crippen MR) is 68.5 cm³/mol. The summed E-state index contributed by atoms with van der Waals surface area (Å²) in [6.45, 7) is 3.15. The van der Waals surface area contributed by atoms with E-state index in [0.717, 1.165) is 31.5 Å². The van der Waals surface area contributed by atoms with Gasteiger partial charge >= 0.3 is 0 Å². The number of hydrogen-bond donors (Lipinski definition) is 1. The molecule has 1 heterocycles. The molecule has 0 spiro atoms. The number of nitrogens with two attached hydrogens (primary N) is 1. The molecule has 2 rings (SSSR count). The molecular weight excluding hydrogens is 198 g/mol. The molecule has 92 valence electrons. The monoisotopic (exact) mass is 223 g/mol. The van der Waals surface area contributed by atoms with Gasteiger partial charge in [0, 0.05) is 19.6 Å². The minimum Gasteiger partial charge on any atom is -0.370 e. The molecule has 0 aromatic heterocycles. The van der Waals surface area contributed by atoms with Gasteiger partial charge in [0.2, 0.25) is 0 Å². The molecule has 1 aliphatic carbocycles. The number of hydrogen-bond acceptors (Lipinski definition) is 1. The zero-order valence-electron chi connectivity index (χ0n) is 10.3. The van der Waals surface area contributed by atoms with Gasteiger partial charge in [0.1, 0.15) is 0 Å². The van der Waals surface area contributed by atoms with E-state index in [4.69, 9.17) is 5.73 Å². The second-order valence-corrected chi connectivity index (χ2v) is 5.23. The van der Waals surface area contributed by atoms with E-state index in [2.05, 4.69) is 9.89 Å². The van der Waals surface area contributed by atoms with Crippen molar-refractivity contribution >= 4 is 5.96 Å². The van der Waals surface area contributed by atoms with Crippen LogP contribution in [0.15, 0.2) is 4.99 Å². The predicted octanol–water partition coefficient (Wildman–Crippen LogP) is 2.37. The van der Waals surface area contributed by atoms with E-state index in [9.17, 15) is 0 Å². The largest absolute Gasteiger partial charge is 0.370 e. The lowest BCUT2D eigenvalue weighted by atomic mass is 10.2. The van der Waals surface area contributed by atoms with Crippen LogP contribution in [0.4, 0.5) is 0 Å². The lowest BCUT2D eigenvalue weighted by Gasteiger charge is -2.21. The Kier molecular flexibility index (Phi) is 4.49. The number of guanidine groups is 1. The Balaban J connectivity index is 1.66. The van der Waals surface area contributed by atoms with E-state index < -0.39 is 0 Å². The van der Waals surface area contributed by atoms with Crippen molar-refractivity contribution in [2.45, 2.75) is 51.4 Å². The summed E-state index contributed by atoms with van der Waals surface area (Å²) in [5, 5.41) is 0. The fourth-order valence-corrected chi connectivity index (χ4v) is 2.38. The quantitative estimate of drug-likeness (QED) is 0.451. The molecule has 0 radical (unpaired) electrons. The van der Waals surface area contributed by atoms with E-state index in [1.54, 1.807) is 0 Å². The number of likely N-dealkylation sites (tertiary alicyclic amines) is 1. The van der Waals surface area contributed by atoms with Gasteiger partial charge in [-0.3, -0.25) is 4.99 Å². The van der Waals surface area contributed by atoms with Crippen LogP contribution in [0.3, 0.4) is 0 Å². The lowest BCUT2D eigenvalue weighted by molar-refractivity contribution is 0.428. The first kappa shape index (κ1) is 11.7. The smallest absolute Gasteiger partial charge is 0.191 e. The van der Waals surface area contributed by atoms with Gasteiger partial charge in [-0.25, -0.2) is 0 Å². The van der Waals surface area contributed by atoms with Crippen molar-refractivity contribution in [3.05, 3.63) is 0 Å². The standard InChI is InChI=1S/C13H25N3/c14-13(15-9-5-6-12-7-8-12)16-10-3-1-2-4-11-16/h12H,1-11H2,(H2,14,15). The van der Waals surface area contributed by atoms with Gasteiger partial charge in [-0.2, -0.15) is 0 Å². The maximum Gasteiger partial charge on any atom is 0.191 e. The average Bonchev–Trinajstić information content (AvgIpc) is 3.10. The summed E-state index contributed by atoms with van der Waals surface area (Å²) in [6.07, 6.45) is 10.7. The lowest BCUT2D eigenvalue weighted by Crippen LogP contribution is -2.38. The highest BCUT2D eigenvalue weighted by Gasteiger charge is 2.20. The van der Waals surface area contributed by atoms with Crippen LogP contribution in [0.25, 0.3) is 0 Å². The minimum absolute atomic E-state index is 0.790. The molecule has 2 fully saturated rings. The van der Waals surface area contributed by atoms with Crippen LogP contribution in [0.1, 0.15) is 51.4 Å². The van der Waals surface area contributed by atoms with E-state index in [0.29, 0.717) is 0 Å². The molecule has 1 saturated carbocycles. The van der Waals surface area contributed by atoms with Gasteiger partial charge in [-0.1, -0.05) is 25.7 Å². The molecule has 3 heteroatoms. The zero-order valence-corrected chi connectivity index (χ0v) is 10.3. The van der Waals surface area contributed by atoms with Gasteiger partial charge in [0.25, 0.3) is 0 Å². The van der Waals surface area contributed by atoms with Crippen molar-refractivity contribution in [2.75, 3.05) is 19.6 Å². The molecule has 2 N–H and O–H groups in total. The Morgan fingerprint density at radius 3 is 2.44 bits per heavy atom. The number of nitrogens with zero attached hydrogens (tertiary/aromatic N) is 2. The summed E-state index contributed by atoms with van der Waals surface area (Å²) < 4.78 is 0. The van der Waals surface area contributed by atoms with E-state index in [-0.39, 0.29) is 0 Å². The Labute approximate surface area is 99.1 Å². The van der Waals surface area contributed by atoms with Gasteiger partial charge in [-0.15, -0.1) is 0 Å². The molecule has 1 saturated heterocycles. The summed E-state index contributed by atoms with van der Waals surface area (Å²) >= 11 is 0. The molecule has 0 unspecified atom stereocenters. The molecule has 0 aromatic rings. The highest BCUT2D eigenvalue weighted by Crippen LogP contribution is 2.33. The maximum atomic E-state index is 6.03. The van der Waals surface area contributed by atoms with Crippen molar-refractivity contribution in [2.24, 2.45) is 16.6 Å². The number of rotatable bonds is 4. The zero-order chi connectivity index (χ0) is 11.2. The topological polar surface area (TPSA) is 41.6 Å². The van der Waals surface area contributed by atoms with Crippen LogP contribution in [0.2, 0.25) is 0 Å². The molecule has 16 heavy (non-hydrogen) atoms. The highest BCUT2D eigenvalue weighted by molar-refractivity contribution is 5.78. The van der Waals surface area contributed by atoms with Crippen LogP contribution in [0, 0.1) is 5.92 Å². The van der Waals surface area contributed by atoms with Crippen LogP contribution < -0.4 is 5.73 Å². The normalized spacial score (nSPS) is 23.2. The second-order valence-electron chi connectivity index (χ2n) is 5.23. The summed E-state index contributed by atoms with van der Waals surface area (Å²) in [5.74, 6) is 1.81. The van der Waals surface area contributed by atoms with Crippen molar-refractivity contribution in [3.63, 3.8) is 0 Å². The molecule has 3 nitrogen and oxygen atoms in total. The van der Waals surface area contributed by atoms with Crippen LogP contribution in [-0.2, 0) is 0 Å². The van der Waals surface area contributed by atoms with Gasteiger partial charge < -0.3 is 10.6 Å². The van der Waals surface area contributed by atoms with Crippen molar-refractivity contribution in [1.29, 1.82) is 0 Å². The minimum atomic E-state index is 0.790. The highest BCUT2D eigenvalue weighted by atomic mass is 15.2. The van der Waals surface area contributed by atoms with Crippen molar-refractivity contribution in [3.8, 4) is 0 Å². The molecule has 0 atom stereocenters. The molecule has 0 bridgehead atoms. The first-order valence-corrected chi connectivity index (χ1v) is 6.91. The van der Waals surface area contributed by atoms with Gasteiger partial charge in [0.05, 0.1) is 0 Å². The Morgan fingerprint density at radius 2 is 1.81 bits per heavy atom. The maximum absolute atomic E-state index is 6.03. The van der Waals surface area contributed by atoms with E-state index >= 15 is 0 Å². The summed E-state index contributed by atoms with van der Waals surface area (Å²) in [4.78, 5) is 6.78. The molecule has 2 aliphatic rings. The summed E-state index contributed by atoms with van der Waals surface area (Å²) in [5.41, 5.74) is 6.03. The fourth-order valence-electron chi connectivity index (χ4n) is 2.38. The van der Waals surface area contributed by atoms with Crippen molar-refractivity contribution < 1.29 is 0 Å². The molecule has 0 amide bonds. The van der Waals surface area contributed by atoms with Gasteiger partial charge in [0.15, 0.2) is 5.96 Å². The third-order valence-electron chi connectivity index (χ3n) is 3.67. The second kappa shape index (κ2) is 6.12. The first-order valence-electron chi connectivity index (χ1n) is 6.91. The first-order chi connectivity index (χ1) is 7.86. The van der Waals surface area contributed by atoms with Crippen molar-refractivity contribution in [1.82, 2.24) is 4.90 Å². The summed E-state index contributed by atoms with van der Waals surface area (Å²) in [6, 6.07) is 0. The number of aliphatic imine (C=N–C) groups is 1. The van der Waals surface area contributed by atoms with E-state index in [1.165, 1.54) is 51.4 Å². The Morgan fingerprint density at radius 1 is 1.12 bits per heavy atom. The molecule has 1 aliphatic heterocycles. The molecular formula is C13H25N3. The van der Waals surface area contributed by atoms with Crippen LogP contribution >= 0.6 is 0 Å². The third kappa shape index (κ3) is 4.03. The Hall–Kier alpha value is -0.730. The van der Waals surface area contributed by atoms with E-state index in [1.807, 2.05) is 0 Å². The summed E-state index contributed by atoms with van der Waals surface area (Å²) in [7, 11) is 0. The van der Waals surface area contributed by atoms with Crippen LogP contribution in [-0.4, -0.2) is 30.5 Å². The SMILES string of the molecule is NC(=NCCCC1CC1)N1CCCCCC1. The fraction of sp³-hybridized carbons (Fsp3) is 0.923. The Bertz CT molecular complexity index is 225. The molecule has 0 aromatic carbocycles. The van der Waals surface area contributed by atoms with Crippen LogP contribution in [0.5, 0.6) is 0 Å². The van der Waals surface area contributed by atoms with Gasteiger partial charge in [-0.05, 0) is 31.6 Å². The average molecular weight is 223 g/mol.